The van der Waals surface area contributed by atoms with Gasteiger partial charge in [0, 0.05) is 39.8 Å². The number of esters is 1. The largest absolute Gasteiger partial charge is 0.496 e. The molecule has 0 bridgehead atoms. The molecule has 1 N–H and O–H groups in total. The maximum absolute atomic E-state index is 12.9. The normalized spacial score (nSPS) is 17.1. The highest BCUT2D eigenvalue weighted by atomic mass is 19.4. The van der Waals surface area contributed by atoms with Crippen molar-refractivity contribution in [2.75, 3.05) is 47.4 Å². The molecule has 1 aliphatic heterocycles. The second kappa shape index (κ2) is 9.82. The lowest BCUT2D eigenvalue weighted by Gasteiger charge is -2.39. The first-order chi connectivity index (χ1) is 13.7. The number of benzene rings is 1. The molecule has 1 aromatic rings. The van der Waals surface area contributed by atoms with E-state index in [2.05, 4.69) is 10.3 Å². The van der Waals surface area contributed by atoms with E-state index in [1.54, 1.807) is 19.2 Å². The monoisotopic (exact) mass is 416 g/mol. The van der Waals surface area contributed by atoms with Gasteiger partial charge in [-0.3, -0.25) is 9.89 Å². The summed E-state index contributed by atoms with van der Waals surface area (Å²) in [6.45, 7) is 3.06. The molecule has 7 nitrogen and oxygen atoms in total. The van der Waals surface area contributed by atoms with E-state index in [1.165, 1.54) is 26.0 Å². The van der Waals surface area contributed by atoms with Gasteiger partial charge in [-0.25, -0.2) is 4.79 Å². The third-order valence-corrected chi connectivity index (χ3v) is 4.97. The number of carbonyl (C=O) groups is 1. The van der Waals surface area contributed by atoms with Crippen LogP contribution >= 0.6 is 0 Å². The predicted octanol–water partition coefficient (Wildman–Crippen LogP) is 2.13. The number of hydrogen-bond acceptors (Lipinski definition) is 5. The molecule has 1 unspecified atom stereocenters. The van der Waals surface area contributed by atoms with Gasteiger partial charge in [-0.05, 0) is 24.6 Å². The summed E-state index contributed by atoms with van der Waals surface area (Å²) in [5, 5.41) is 3.19. The Labute approximate surface area is 168 Å². The van der Waals surface area contributed by atoms with Gasteiger partial charge in [0.25, 0.3) is 0 Å². The van der Waals surface area contributed by atoms with Gasteiger partial charge >= 0.3 is 12.1 Å². The molecule has 162 valence electrons. The van der Waals surface area contributed by atoms with Crippen LogP contribution in [0.4, 0.5) is 13.2 Å². The maximum atomic E-state index is 12.9. The molecule has 1 aromatic carbocycles. The molecule has 1 atom stereocenters. The molecule has 29 heavy (non-hydrogen) atoms. The first kappa shape index (κ1) is 22.8. The van der Waals surface area contributed by atoms with Crippen LogP contribution in [-0.4, -0.2) is 81.4 Å². The molecule has 1 aliphatic rings. The van der Waals surface area contributed by atoms with Crippen LogP contribution in [0.3, 0.4) is 0 Å². The highest BCUT2D eigenvalue weighted by molar-refractivity contribution is 5.92. The molecule has 1 fully saturated rings. The van der Waals surface area contributed by atoms with Crippen molar-refractivity contribution in [3.8, 4) is 5.75 Å². The van der Waals surface area contributed by atoms with Crippen LogP contribution in [0.2, 0.25) is 0 Å². The molecule has 0 amide bonds. The number of carbonyl (C=O) groups excluding carboxylic acids is 1. The molecule has 2 rings (SSSR count). The summed E-state index contributed by atoms with van der Waals surface area (Å²) in [7, 11) is 4.40. The Kier molecular flexibility index (Phi) is 7.72. The van der Waals surface area contributed by atoms with Crippen molar-refractivity contribution in [1.29, 1.82) is 0 Å². The van der Waals surface area contributed by atoms with E-state index in [0.717, 1.165) is 5.56 Å². The first-order valence-corrected chi connectivity index (χ1v) is 9.22. The lowest BCUT2D eigenvalue weighted by Crippen LogP contribution is -2.56. The number of rotatable bonds is 5. The summed E-state index contributed by atoms with van der Waals surface area (Å²) in [5.41, 5.74) is 1.13. The summed E-state index contributed by atoms with van der Waals surface area (Å²) in [6, 6.07) is 3.71. The number of ether oxygens (including phenoxy) is 2. The summed E-state index contributed by atoms with van der Waals surface area (Å²) in [5.74, 6) is 0.516. The third-order valence-electron chi connectivity index (χ3n) is 4.97. The van der Waals surface area contributed by atoms with Crippen molar-refractivity contribution in [1.82, 2.24) is 15.1 Å². The number of piperazine rings is 1. The minimum absolute atomic E-state index is 0.302. The zero-order valence-corrected chi connectivity index (χ0v) is 17.0. The van der Waals surface area contributed by atoms with Crippen molar-refractivity contribution in [2.24, 2.45) is 4.99 Å². The van der Waals surface area contributed by atoms with E-state index in [-0.39, 0.29) is 0 Å². The number of hydrogen-bond donors (Lipinski definition) is 1. The SMILES string of the molecule is CN=C(NCc1ccc(OC)c(C(=O)OC)c1)N1CCN(C(C)C(F)(F)F)CC1. The van der Waals surface area contributed by atoms with Gasteiger partial charge in [-0.1, -0.05) is 6.07 Å². The number of alkyl halides is 3. The number of guanidine groups is 1. The predicted molar refractivity (Wildman–Crippen MR) is 103 cm³/mol. The second-order valence-electron chi connectivity index (χ2n) is 6.67. The van der Waals surface area contributed by atoms with Gasteiger partial charge in [0.2, 0.25) is 0 Å². The van der Waals surface area contributed by atoms with Gasteiger partial charge in [0.1, 0.15) is 17.4 Å². The van der Waals surface area contributed by atoms with Crippen molar-refractivity contribution < 1.29 is 27.4 Å². The van der Waals surface area contributed by atoms with Crippen LogP contribution in [0.25, 0.3) is 0 Å². The van der Waals surface area contributed by atoms with E-state index >= 15 is 0 Å². The highest BCUT2D eigenvalue weighted by Crippen LogP contribution is 2.25. The zero-order valence-electron chi connectivity index (χ0n) is 17.0. The smallest absolute Gasteiger partial charge is 0.403 e. The van der Waals surface area contributed by atoms with Crippen LogP contribution < -0.4 is 10.1 Å². The number of nitrogens with one attached hydrogen (secondary N) is 1. The standard InChI is InChI=1S/C19H27F3N4O3/c1-13(19(20,21)22)25-7-9-26(10-8-25)18(23-2)24-12-14-5-6-16(28-3)15(11-14)17(27)29-4/h5-6,11,13H,7-10,12H2,1-4H3,(H,23,24). The zero-order chi connectivity index (χ0) is 21.6. The fourth-order valence-electron chi connectivity index (χ4n) is 3.18. The van der Waals surface area contributed by atoms with E-state index in [0.29, 0.717) is 50.0 Å². The Morgan fingerprint density at radius 2 is 1.90 bits per heavy atom. The van der Waals surface area contributed by atoms with Crippen molar-refractivity contribution in [2.45, 2.75) is 25.7 Å². The van der Waals surface area contributed by atoms with Crippen LogP contribution in [0.1, 0.15) is 22.8 Å². The highest BCUT2D eigenvalue weighted by Gasteiger charge is 2.41. The average Bonchev–Trinajstić information content (AvgIpc) is 2.72. The number of halogens is 3. The van der Waals surface area contributed by atoms with E-state index in [4.69, 9.17) is 9.47 Å². The van der Waals surface area contributed by atoms with Gasteiger partial charge in [-0.2, -0.15) is 13.2 Å². The average molecular weight is 416 g/mol. The molecule has 1 heterocycles. The molecule has 0 aliphatic carbocycles. The summed E-state index contributed by atoms with van der Waals surface area (Å²) < 4.78 is 48.7. The minimum Gasteiger partial charge on any atom is -0.496 e. The van der Waals surface area contributed by atoms with Gasteiger partial charge in [-0.15, -0.1) is 0 Å². The quantitative estimate of drug-likeness (QED) is 0.451. The van der Waals surface area contributed by atoms with Crippen molar-refractivity contribution in [3.63, 3.8) is 0 Å². The van der Waals surface area contributed by atoms with Gasteiger partial charge in [0.05, 0.1) is 14.2 Å². The molecule has 0 saturated carbocycles. The second-order valence-corrected chi connectivity index (χ2v) is 6.67. The van der Waals surface area contributed by atoms with E-state index in [1.807, 2.05) is 11.0 Å². The number of methoxy groups -OCH3 is 2. The summed E-state index contributed by atoms with van der Waals surface area (Å²) in [4.78, 5) is 19.5. The molecular weight excluding hydrogens is 389 g/mol. The topological polar surface area (TPSA) is 66.4 Å². The molecule has 10 heteroatoms. The van der Waals surface area contributed by atoms with Crippen molar-refractivity contribution in [3.05, 3.63) is 29.3 Å². The lowest BCUT2D eigenvalue weighted by atomic mass is 10.1. The lowest BCUT2D eigenvalue weighted by molar-refractivity contribution is -0.181. The van der Waals surface area contributed by atoms with Gasteiger partial charge < -0.3 is 19.7 Å². The van der Waals surface area contributed by atoms with Crippen LogP contribution in [-0.2, 0) is 11.3 Å². The molecule has 0 spiro atoms. The van der Waals surface area contributed by atoms with E-state index in [9.17, 15) is 18.0 Å². The summed E-state index contributed by atoms with van der Waals surface area (Å²) >= 11 is 0. The summed E-state index contributed by atoms with van der Waals surface area (Å²) in [6.07, 6.45) is -4.23. The first-order valence-electron chi connectivity index (χ1n) is 9.22. The molecule has 0 radical (unpaired) electrons. The van der Waals surface area contributed by atoms with E-state index < -0.39 is 18.2 Å². The Morgan fingerprint density at radius 3 is 2.41 bits per heavy atom. The number of nitrogens with zero attached hydrogens (tertiary/aromatic N) is 3. The fraction of sp³-hybridized carbons (Fsp3) is 0.579. The Balaban J connectivity index is 1.97. The molecule has 0 aromatic heterocycles. The molecule has 1 saturated heterocycles. The van der Waals surface area contributed by atoms with Crippen molar-refractivity contribution >= 4 is 11.9 Å². The van der Waals surface area contributed by atoms with Gasteiger partial charge in [0.15, 0.2) is 5.96 Å². The Morgan fingerprint density at radius 1 is 1.24 bits per heavy atom. The Hall–Kier alpha value is -2.49. The van der Waals surface area contributed by atoms with Crippen LogP contribution in [0.15, 0.2) is 23.2 Å². The third kappa shape index (κ3) is 5.75. The fourth-order valence-corrected chi connectivity index (χ4v) is 3.18. The van der Waals surface area contributed by atoms with Crippen LogP contribution in [0.5, 0.6) is 5.75 Å². The number of aliphatic imine (C=N–C) groups is 1. The molecular formula is C19H27F3N4O3. The minimum atomic E-state index is -4.23. The Bertz CT molecular complexity index is 732. The maximum Gasteiger partial charge on any atom is 0.403 e. The van der Waals surface area contributed by atoms with Crippen LogP contribution in [0, 0.1) is 0 Å².